The maximum atomic E-state index is 12.3. The van der Waals surface area contributed by atoms with E-state index in [1.807, 2.05) is 0 Å². The number of oxazole rings is 1. The summed E-state index contributed by atoms with van der Waals surface area (Å²) in [7, 11) is 0. The van der Waals surface area contributed by atoms with Crippen molar-refractivity contribution in [3.8, 4) is 0 Å². The highest BCUT2D eigenvalue weighted by Crippen LogP contribution is 2.36. The first kappa shape index (κ1) is 14.6. The normalized spacial score (nSPS) is 21.0. The Morgan fingerprint density at radius 3 is 2.62 bits per heavy atom. The van der Waals surface area contributed by atoms with Gasteiger partial charge in [-0.25, -0.2) is 4.98 Å². The lowest BCUT2D eigenvalue weighted by molar-refractivity contribution is 0.0793. The van der Waals surface area contributed by atoms with Gasteiger partial charge in [0.15, 0.2) is 11.6 Å². The molecule has 116 valence electrons. The van der Waals surface area contributed by atoms with Gasteiger partial charge in [0.05, 0.1) is 0 Å². The fourth-order valence-corrected chi connectivity index (χ4v) is 3.11. The molecule has 21 heavy (non-hydrogen) atoms. The van der Waals surface area contributed by atoms with E-state index in [9.17, 15) is 4.79 Å². The van der Waals surface area contributed by atoms with Crippen LogP contribution in [0.1, 0.15) is 68.2 Å². The summed E-state index contributed by atoms with van der Waals surface area (Å²) in [5.74, 6) is 1.39. The van der Waals surface area contributed by atoms with E-state index in [1.165, 1.54) is 25.5 Å². The molecule has 1 saturated heterocycles. The molecule has 1 aliphatic heterocycles. The molecule has 1 amide bonds. The van der Waals surface area contributed by atoms with Crippen LogP contribution >= 0.6 is 0 Å². The van der Waals surface area contributed by atoms with Crippen LogP contribution in [0.5, 0.6) is 0 Å². The van der Waals surface area contributed by atoms with Gasteiger partial charge < -0.3 is 14.5 Å². The molecular weight excluding hydrogens is 268 g/mol. The molecule has 0 aromatic carbocycles. The number of carbonyl (C=O) groups is 1. The first-order valence-electron chi connectivity index (χ1n) is 7.92. The number of hydrogen-bond donors (Lipinski definition) is 1. The zero-order chi connectivity index (χ0) is 14.9. The molecular formula is C16H24N2O3. The number of aromatic nitrogens is 1. The van der Waals surface area contributed by atoms with E-state index in [0.717, 1.165) is 26.1 Å². The summed E-state index contributed by atoms with van der Waals surface area (Å²) in [4.78, 5) is 16.7. The van der Waals surface area contributed by atoms with Crippen molar-refractivity contribution in [3.05, 3.63) is 17.8 Å². The highest BCUT2D eigenvalue weighted by molar-refractivity contribution is 5.92. The van der Waals surface area contributed by atoms with Gasteiger partial charge in [-0.05, 0) is 45.4 Å². The van der Waals surface area contributed by atoms with Gasteiger partial charge in [0.25, 0.3) is 5.91 Å². The molecule has 5 heteroatoms. The van der Waals surface area contributed by atoms with Gasteiger partial charge in [-0.15, -0.1) is 0 Å². The standard InChI is InChI=1S/C16H24N2O3/c1-16(2,12-4-3-5-12)18-14(19)13-10-21-15(17-13)11-6-8-20-9-7-11/h10-12H,3-9H2,1-2H3,(H,18,19). The molecule has 1 aromatic rings. The Kier molecular flexibility index (Phi) is 4.02. The summed E-state index contributed by atoms with van der Waals surface area (Å²) >= 11 is 0. The van der Waals surface area contributed by atoms with Crippen molar-refractivity contribution in [1.82, 2.24) is 10.3 Å². The van der Waals surface area contributed by atoms with Crippen molar-refractivity contribution in [1.29, 1.82) is 0 Å². The number of ether oxygens (including phenoxy) is 1. The summed E-state index contributed by atoms with van der Waals surface area (Å²) in [5.41, 5.74) is 0.219. The van der Waals surface area contributed by atoms with Crippen LogP contribution in [-0.2, 0) is 4.74 Å². The second-order valence-corrected chi connectivity index (χ2v) is 6.76. The maximum Gasteiger partial charge on any atom is 0.273 e. The van der Waals surface area contributed by atoms with Crippen molar-refractivity contribution in [2.24, 2.45) is 5.92 Å². The zero-order valence-corrected chi connectivity index (χ0v) is 12.9. The van der Waals surface area contributed by atoms with Gasteiger partial charge in [0, 0.05) is 24.7 Å². The number of amides is 1. The Bertz CT molecular complexity index is 499. The van der Waals surface area contributed by atoms with Crippen LogP contribution in [0.3, 0.4) is 0 Å². The molecule has 3 rings (SSSR count). The largest absolute Gasteiger partial charge is 0.448 e. The Morgan fingerprint density at radius 2 is 2.00 bits per heavy atom. The van der Waals surface area contributed by atoms with E-state index in [2.05, 4.69) is 24.1 Å². The van der Waals surface area contributed by atoms with Crippen molar-refractivity contribution in [2.45, 2.75) is 57.4 Å². The van der Waals surface area contributed by atoms with Gasteiger partial charge in [-0.3, -0.25) is 4.79 Å². The topological polar surface area (TPSA) is 64.4 Å². The van der Waals surface area contributed by atoms with Gasteiger partial charge >= 0.3 is 0 Å². The first-order chi connectivity index (χ1) is 10.1. The van der Waals surface area contributed by atoms with Crippen LogP contribution < -0.4 is 5.32 Å². The molecule has 0 spiro atoms. The van der Waals surface area contributed by atoms with Crippen molar-refractivity contribution < 1.29 is 13.9 Å². The van der Waals surface area contributed by atoms with Crippen LogP contribution in [0, 0.1) is 5.92 Å². The monoisotopic (exact) mass is 292 g/mol. The molecule has 2 fully saturated rings. The van der Waals surface area contributed by atoms with E-state index >= 15 is 0 Å². The molecule has 0 atom stereocenters. The van der Waals surface area contributed by atoms with Crippen molar-refractivity contribution >= 4 is 5.91 Å². The average molecular weight is 292 g/mol. The SMILES string of the molecule is CC(C)(NC(=O)c1coc(C2CCOCC2)n1)C1CCC1. The molecule has 0 unspecified atom stereocenters. The smallest absolute Gasteiger partial charge is 0.273 e. The van der Waals surface area contributed by atoms with Gasteiger partial charge in [-0.1, -0.05) is 6.42 Å². The summed E-state index contributed by atoms with van der Waals surface area (Å²) in [6.07, 6.45) is 6.96. The minimum atomic E-state index is -0.173. The lowest BCUT2D eigenvalue weighted by Crippen LogP contribution is -2.51. The minimum absolute atomic E-state index is 0.131. The number of carbonyl (C=O) groups excluding carboxylic acids is 1. The predicted octanol–water partition coefficient (Wildman–Crippen LogP) is 2.88. The van der Waals surface area contributed by atoms with E-state index < -0.39 is 0 Å². The van der Waals surface area contributed by atoms with Crippen molar-refractivity contribution in [3.63, 3.8) is 0 Å². The highest BCUT2D eigenvalue weighted by Gasteiger charge is 2.35. The molecule has 1 N–H and O–H groups in total. The van der Waals surface area contributed by atoms with Gasteiger partial charge in [0.2, 0.25) is 0 Å². The molecule has 1 aliphatic carbocycles. The van der Waals surface area contributed by atoms with Gasteiger partial charge in [0.1, 0.15) is 6.26 Å². The molecule has 0 bridgehead atoms. The third-order valence-corrected chi connectivity index (χ3v) is 4.89. The van der Waals surface area contributed by atoms with E-state index in [-0.39, 0.29) is 17.4 Å². The molecule has 2 heterocycles. The Labute approximate surface area is 125 Å². The Hall–Kier alpha value is -1.36. The molecule has 5 nitrogen and oxygen atoms in total. The summed E-state index contributed by atoms with van der Waals surface area (Å²) in [6.45, 7) is 5.66. The van der Waals surface area contributed by atoms with Crippen LogP contribution in [-0.4, -0.2) is 29.6 Å². The number of hydrogen-bond acceptors (Lipinski definition) is 4. The van der Waals surface area contributed by atoms with Crippen LogP contribution in [0.25, 0.3) is 0 Å². The highest BCUT2D eigenvalue weighted by atomic mass is 16.5. The van der Waals surface area contributed by atoms with E-state index in [0.29, 0.717) is 17.5 Å². The quantitative estimate of drug-likeness (QED) is 0.926. The zero-order valence-electron chi connectivity index (χ0n) is 12.9. The third kappa shape index (κ3) is 3.12. The van der Waals surface area contributed by atoms with Crippen LogP contribution in [0.2, 0.25) is 0 Å². The summed E-state index contributed by atoms with van der Waals surface area (Å²) in [6, 6.07) is 0. The van der Waals surface area contributed by atoms with E-state index in [4.69, 9.17) is 9.15 Å². The second kappa shape index (κ2) is 5.79. The lowest BCUT2D eigenvalue weighted by atomic mass is 9.72. The Morgan fingerprint density at radius 1 is 1.29 bits per heavy atom. The fraction of sp³-hybridized carbons (Fsp3) is 0.750. The summed E-state index contributed by atoms with van der Waals surface area (Å²) < 4.78 is 10.9. The fourth-order valence-electron chi connectivity index (χ4n) is 3.11. The number of nitrogens with one attached hydrogen (secondary N) is 1. The summed E-state index contributed by atoms with van der Waals surface area (Å²) in [5, 5.41) is 3.10. The maximum absolute atomic E-state index is 12.3. The van der Waals surface area contributed by atoms with Crippen LogP contribution in [0.4, 0.5) is 0 Å². The number of nitrogens with zero attached hydrogens (tertiary/aromatic N) is 1. The van der Waals surface area contributed by atoms with Crippen molar-refractivity contribution in [2.75, 3.05) is 13.2 Å². The Balaban J connectivity index is 1.63. The second-order valence-electron chi connectivity index (χ2n) is 6.76. The molecule has 2 aliphatic rings. The number of rotatable bonds is 4. The molecule has 1 aromatic heterocycles. The van der Waals surface area contributed by atoms with Gasteiger partial charge in [-0.2, -0.15) is 0 Å². The van der Waals surface area contributed by atoms with E-state index in [1.54, 1.807) is 0 Å². The molecule has 0 radical (unpaired) electrons. The molecule has 1 saturated carbocycles. The first-order valence-corrected chi connectivity index (χ1v) is 7.92. The average Bonchev–Trinajstić information content (AvgIpc) is 2.86. The minimum Gasteiger partial charge on any atom is -0.448 e. The predicted molar refractivity (Wildman–Crippen MR) is 78.2 cm³/mol. The van der Waals surface area contributed by atoms with Crippen LogP contribution in [0.15, 0.2) is 10.7 Å². The lowest BCUT2D eigenvalue weighted by Gasteiger charge is -2.40. The third-order valence-electron chi connectivity index (χ3n) is 4.89.